The summed E-state index contributed by atoms with van der Waals surface area (Å²) in [5.41, 5.74) is 9.45. The van der Waals surface area contributed by atoms with Crippen molar-refractivity contribution in [2.75, 3.05) is 57.5 Å². The van der Waals surface area contributed by atoms with Crippen LogP contribution in [-0.2, 0) is 4.74 Å². The van der Waals surface area contributed by atoms with Gasteiger partial charge in [0.25, 0.3) is 0 Å². The minimum Gasteiger partial charge on any atom is -0.379 e. The highest BCUT2D eigenvalue weighted by Crippen LogP contribution is 2.44. The van der Waals surface area contributed by atoms with Gasteiger partial charge in [-0.15, -0.1) is 0 Å². The molecule has 5 heterocycles. The number of amides is 4. The van der Waals surface area contributed by atoms with Gasteiger partial charge in [-0.05, 0) is 25.3 Å². The van der Waals surface area contributed by atoms with Crippen molar-refractivity contribution in [2.24, 2.45) is 5.73 Å². The number of ether oxygens (including phenoxy) is 1. The van der Waals surface area contributed by atoms with Crippen molar-refractivity contribution in [2.45, 2.75) is 37.3 Å². The summed E-state index contributed by atoms with van der Waals surface area (Å²) in [6.45, 7) is 4.95. The third kappa shape index (κ3) is 3.62. The number of primary amides is 1. The molecule has 0 unspecified atom stereocenters. The number of aromatic nitrogens is 2. The maximum atomic E-state index is 13.9. The molecule has 1 aromatic heterocycles. The maximum absolute atomic E-state index is 13.9. The Morgan fingerprint density at radius 2 is 1.89 bits per heavy atom. The number of nitrogens with two attached hydrogens (primary N) is 1. The second-order valence-corrected chi connectivity index (χ2v) is 10.8. The van der Waals surface area contributed by atoms with E-state index in [0.29, 0.717) is 79.5 Å². The van der Waals surface area contributed by atoms with Gasteiger partial charge in [-0.3, -0.25) is 9.89 Å². The van der Waals surface area contributed by atoms with Crippen LogP contribution < -0.4 is 16.1 Å². The number of carbonyl (C=O) groups excluding carboxylic acids is 3. The molecule has 38 heavy (non-hydrogen) atoms. The van der Waals surface area contributed by atoms with Gasteiger partial charge < -0.3 is 25.6 Å². The van der Waals surface area contributed by atoms with E-state index >= 15 is 0 Å². The van der Waals surface area contributed by atoms with Gasteiger partial charge in [0.15, 0.2) is 5.78 Å². The second-order valence-electron chi connectivity index (χ2n) is 10.8. The number of fused-ring (bicyclic) bond motifs is 5. The van der Waals surface area contributed by atoms with E-state index in [4.69, 9.17) is 10.5 Å². The predicted octanol–water partition coefficient (Wildman–Crippen LogP) is 1.10. The van der Waals surface area contributed by atoms with Crippen molar-refractivity contribution in [3.05, 3.63) is 35.0 Å². The monoisotopic (exact) mass is 520 g/mol. The van der Waals surface area contributed by atoms with Crippen molar-refractivity contribution in [3.8, 4) is 11.3 Å². The number of urea groups is 2. The first-order chi connectivity index (χ1) is 18.5. The normalized spacial score (nSPS) is 25.1. The number of aromatic amines is 1. The zero-order valence-corrected chi connectivity index (χ0v) is 21.2. The molecule has 200 valence electrons. The molecule has 4 amide bonds. The number of rotatable bonds is 3. The second kappa shape index (κ2) is 9.07. The van der Waals surface area contributed by atoms with Crippen LogP contribution in [0.15, 0.2) is 18.2 Å². The van der Waals surface area contributed by atoms with Gasteiger partial charge in [-0.25, -0.2) is 19.6 Å². The van der Waals surface area contributed by atoms with Crippen molar-refractivity contribution < 1.29 is 19.1 Å². The zero-order valence-electron chi connectivity index (χ0n) is 21.2. The number of likely N-dealkylation sites (tertiary alicyclic amines) is 2. The molecular formula is C26H32N8O4. The van der Waals surface area contributed by atoms with E-state index in [9.17, 15) is 14.4 Å². The van der Waals surface area contributed by atoms with Crippen LogP contribution in [0.3, 0.4) is 0 Å². The highest BCUT2D eigenvalue weighted by Gasteiger charge is 2.43. The molecule has 2 aromatic rings. The number of nitrogens with zero attached hydrogens (tertiary/aromatic N) is 5. The lowest BCUT2D eigenvalue weighted by Gasteiger charge is -2.37. The first kappa shape index (κ1) is 23.6. The summed E-state index contributed by atoms with van der Waals surface area (Å²) in [6, 6.07) is 5.69. The minimum absolute atomic E-state index is 0.0974. The van der Waals surface area contributed by atoms with Gasteiger partial charge in [0.2, 0.25) is 0 Å². The van der Waals surface area contributed by atoms with E-state index in [1.165, 1.54) is 5.01 Å². The molecule has 4 saturated heterocycles. The van der Waals surface area contributed by atoms with Crippen LogP contribution in [0.25, 0.3) is 11.3 Å². The summed E-state index contributed by atoms with van der Waals surface area (Å²) < 4.78 is 5.43. The molecule has 5 aliphatic rings. The fourth-order valence-electron chi connectivity index (χ4n) is 6.85. The van der Waals surface area contributed by atoms with Crippen LogP contribution in [0.2, 0.25) is 0 Å². The highest BCUT2D eigenvalue weighted by atomic mass is 16.5. The van der Waals surface area contributed by atoms with Gasteiger partial charge in [0, 0.05) is 62.8 Å². The number of benzene rings is 1. The van der Waals surface area contributed by atoms with Crippen LogP contribution in [0.1, 0.15) is 46.8 Å². The molecule has 4 fully saturated rings. The van der Waals surface area contributed by atoms with E-state index < -0.39 is 6.03 Å². The number of ketones is 1. The van der Waals surface area contributed by atoms with Crippen molar-refractivity contribution >= 4 is 23.5 Å². The predicted molar refractivity (Wildman–Crippen MR) is 138 cm³/mol. The smallest absolute Gasteiger partial charge is 0.334 e. The number of piperazine rings is 1. The van der Waals surface area contributed by atoms with E-state index in [1.807, 2.05) is 26.9 Å². The first-order valence-electron chi connectivity index (χ1n) is 13.5. The fourth-order valence-corrected chi connectivity index (χ4v) is 6.85. The summed E-state index contributed by atoms with van der Waals surface area (Å²) >= 11 is 0. The number of anilines is 1. The summed E-state index contributed by atoms with van der Waals surface area (Å²) in [5, 5.41) is 14.4. The van der Waals surface area contributed by atoms with Crippen LogP contribution >= 0.6 is 0 Å². The van der Waals surface area contributed by atoms with Gasteiger partial charge in [-0.2, -0.15) is 5.10 Å². The van der Waals surface area contributed by atoms with Gasteiger partial charge in [0.05, 0.1) is 35.7 Å². The van der Waals surface area contributed by atoms with Crippen molar-refractivity contribution in [1.82, 2.24) is 30.3 Å². The SMILES string of the molecule is NC(=O)N(c1cccc2c1C(=O)c1c-2n[nH]c1C1CCN(C(=O)N2C[C@@H]3C[C@H]2CN3)CC1)N1CCOCC1. The Hall–Kier alpha value is -3.48. The third-order valence-electron chi connectivity index (χ3n) is 8.73. The molecule has 12 heteroatoms. The topological polar surface area (TPSA) is 140 Å². The highest BCUT2D eigenvalue weighted by molar-refractivity contribution is 6.25. The lowest BCUT2D eigenvalue weighted by molar-refractivity contribution is 0.0364. The lowest BCUT2D eigenvalue weighted by atomic mass is 9.90. The Bertz CT molecular complexity index is 1300. The first-order valence-corrected chi connectivity index (χ1v) is 13.5. The Labute approximate surface area is 220 Å². The Morgan fingerprint density at radius 3 is 2.58 bits per heavy atom. The average molecular weight is 521 g/mol. The fraction of sp³-hybridized carbons (Fsp3) is 0.538. The molecule has 0 saturated carbocycles. The molecular weight excluding hydrogens is 488 g/mol. The Kier molecular flexibility index (Phi) is 5.64. The molecule has 1 aliphatic carbocycles. The molecule has 12 nitrogen and oxygen atoms in total. The summed E-state index contributed by atoms with van der Waals surface area (Å²) in [6.07, 6.45) is 2.57. The molecule has 0 spiro atoms. The third-order valence-corrected chi connectivity index (χ3v) is 8.73. The summed E-state index contributed by atoms with van der Waals surface area (Å²) in [5.74, 6) is -0.0480. The van der Waals surface area contributed by atoms with Crippen LogP contribution in [0.5, 0.6) is 0 Å². The Morgan fingerprint density at radius 1 is 1.11 bits per heavy atom. The van der Waals surface area contributed by atoms with Gasteiger partial charge in [-0.1, -0.05) is 12.1 Å². The number of hydrogen-bond donors (Lipinski definition) is 3. The number of piperidine rings is 1. The van der Waals surface area contributed by atoms with E-state index in [-0.39, 0.29) is 17.7 Å². The number of H-pyrrole nitrogens is 1. The maximum Gasteiger partial charge on any atom is 0.334 e. The molecule has 7 rings (SSSR count). The lowest BCUT2D eigenvalue weighted by Crippen LogP contribution is -2.54. The zero-order chi connectivity index (χ0) is 26.0. The molecule has 4 N–H and O–H groups in total. The summed E-state index contributed by atoms with van der Waals surface area (Å²) in [7, 11) is 0. The Balaban J connectivity index is 1.12. The number of nitrogens with one attached hydrogen (secondary N) is 2. The number of carbonyl (C=O) groups is 3. The molecule has 4 aliphatic heterocycles. The van der Waals surface area contributed by atoms with Crippen LogP contribution in [-0.4, -0.2) is 107 Å². The van der Waals surface area contributed by atoms with E-state index in [2.05, 4.69) is 15.5 Å². The van der Waals surface area contributed by atoms with Crippen LogP contribution in [0.4, 0.5) is 15.3 Å². The number of hydrazine groups is 1. The quantitative estimate of drug-likeness (QED) is 0.470. The van der Waals surface area contributed by atoms with E-state index in [0.717, 1.165) is 38.0 Å². The average Bonchev–Trinajstić information content (AvgIpc) is 3.73. The van der Waals surface area contributed by atoms with Gasteiger partial charge >= 0.3 is 12.1 Å². The molecule has 0 radical (unpaired) electrons. The number of morpholine rings is 1. The molecule has 2 atom stereocenters. The number of hydrogen-bond acceptors (Lipinski definition) is 7. The van der Waals surface area contributed by atoms with Crippen LogP contribution in [0, 0.1) is 0 Å². The van der Waals surface area contributed by atoms with Crippen molar-refractivity contribution in [1.29, 1.82) is 0 Å². The largest absolute Gasteiger partial charge is 0.379 e. The standard InChI is InChI=1S/C26H32N8O4/c27-25(36)34(32-8-10-38-11-9-32)19-3-1-2-18-20(19)24(35)21-22(29-30-23(18)21)15-4-6-31(7-5-15)26(37)33-14-16-12-17(33)13-28-16/h1-3,15-17,28H,4-14H2,(H2,27,36)(H,29,30)/t16-,17-/m0/s1. The van der Waals surface area contributed by atoms with Crippen molar-refractivity contribution in [3.63, 3.8) is 0 Å². The minimum atomic E-state index is -0.640. The molecule has 2 bridgehead atoms. The molecule has 1 aromatic carbocycles. The summed E-state index contributed by atoms with van der Waals surface area (Å²) in [4.78, 5) is 43.6. The van der Waals surface area contributed by atoms with Gasteiger partial charge in [0.1, 0.15) is 5.69 Å². The van der Waals surface area contributed by atoms with E-state index in [1.54, 1.807) is 6.07 Å².